The number of anilines is 1. The zero-order chi connectivity index (χ0) is 23.1. The van der Waals surface area contributed by atoms with Crippen molar-refractivity contribution in [3.8, 4) is 17.2 Å². The van der Waals surface area contributed by atoms with E-state index in [2.05, 4.69) is 24.4 Å². The highest BCUT2D eigenvalue weighted by molar-refractivity contribution is 7.80. The van der Waals surface area contributed by atoms with Crippen LogP contribution >= 0.6 is 23.9 Å². The topological polar surface area (TPSA) is 113 Å². The second kappa shape index (κ2) is 8.23. The lowest BCUT2D eigenvalue weighted by molar-refractivity contribution is 0.0978. The molecule has 0 aliphatic carbocycles. The Balaban J connectivity index is 1.36. The van der Waals surface area contributed by atoms with Crippen molar-refractivity contribution in [1.29, 1.82) is 0 Å². The molecule has 5 aromatic rings. The van der Waals surface area contributed by atoms with Gasteiger partial charge in [0.2, 0.25) is 5.89 Å². The van der Waals surface area contributed by atoms with Crippen LogP contribution in [-0.4, -0.2) is 29.9 Å². The molecule has 0 aliphatic heterocycles. The van der Waals surface area contributed by atoms with Gasteiger partial charge < -0.3 is 14.8 Å². The molecule has 0 atom stereocenters. The molecule has 3 N–H and O–H groups in total. The summed E-state index contributed by atoms with van der Waals surface area (Å²) in [7, 11) is 0. The normalized spacial score (nSPS) is 11.1. The maximum absolute atomic E-state index is 12.6. The fourth-order valence-corrected chi connectivity index (χ4v) is 4.27. The quantitative estimate of drug-likeness (QED) is 0.248. The zero-order valence-corrected chi connectivity index (χ0v) is 19.2. The van der Waals surface area contributed by atoms with Gasteiger partial charge in [-0.2, -0.15) is 8.75 Å². The summed E-state index contributed by atoms with van der Waals surface area (Å²) in [6.07, 6.45) is 0. The van der Waals surface area contributed by atoms with Crippen LogP contribution in [-0.2, 0) is 0 Å². The molecular weight excluding hydrogens is 458 g/mol. The highest BCUT2D eigenvalue weighted by atomic mass is 32.1. The van der Waals surface area contributed by atoms with E-state index in [0.717, 1.165) is 33.9 Å². The Hall–Kier alpha value is -3.89. The van der Waals surface area contributed by atoms with Crippen molar-refractivity contribution in [3.05, 3.63) is 65.2 Å². The van der Waals surface area contributed by atoms with Crippen molar-refractivity contribution in [2.75, 3.05) is 5.32 Å². The van der Waals surface area contributed by atoms with Crippen LogP contribution in [0.2, 0.25) is 0 Å². The molecule has 0 aliphatic rings. The van der Waals surface area contributed by atoms with Gasteiger partial charge >= 0.3 is 0 Å². The molecule has 33 heavy (non-hydrogen) atoms. The Morgan fingerprint density at radius 1 is 1.03 bits per heavy atom. The minimum Gasteiger partial charge on any atom is -0.507 e. The average molecular weight is 476 g/mol. The number of phenolic OH excluding ortho intramolecular Hbond substituents is 1. The van der Waals surface area contributed by atoms with Gasteiger partial charge in [0.25, 0.3) is 5.91 Å². The van der Waals surface area contributed by atoms with Gasteiger partial charge in [-0.3, -0.25) is 10.1 Å². The van der Waals surface area contributed by atoms with Gasteiger partial charge in [0.15, 0.2) is 10.7 Å². The molecule has 3 aromatic carbocycles. The highest BCUT2D eigenvalue weighted by Crippen LogP contribution is 2.34. The Morgan fingerprint density at radius 2 is 1.85 bits per heavy atom. The summed E-state index contributed by atoms with van der Waals surface area (Å²) >= 11 is 6.39. The smallest absolute Gasteiger partial charge is 0.257 e. The number of aromatic hydroxyl groups is 1. The van der Waals surface area contributed by atoms with Crippen LogP contribution in [0.25, 0.3) is 33.6 Å². The number of fused-ring (bicyclic) bond motifs is 2. The number of benzene rings is 3. The van der Waals surface area contributed by atoms with E-state index in [1.165, 1.54) is 6.07 Å². The summed E-state index contributed by atoms with van der Waals surface area (Å²) in [6, 6.07) is 13.8. The number of oxazole rings is 1. The molecule has 8 nitrogen and oxygen atoms in total. The molecule has 2 heterocycles. The first-order chi connectivity index (χ1) is 15.9. The van der Waals surface area contributed by atoms with Crippen LogP contribution in [0.15, 0.2) is 52.9 Å². The minimum absolute atomic E-state index is 0.0154. The maximum atomic E-state index is 12.6. The number of carbonyl (C=O) groups is 1. The molecule has 1 amide bonds. The van der Waals surface area contributed by atoms with Crippen LogP contribution in [0, 0.1) is 13.8 Å². The number of nitrogens with one attached hydrogen (secondary N) is 2. The van der Waals surface area contributed by atoms with E-state index in [1.54, 1.807) is 30.3 Å². The molecule has 0 spiro atoms. The minimum atomic E-state index is -0.369. The summed E-state index contributed by atoms with van der Waals surface area (Å²) in [6.45, 7) is 3.94. The number of hydrogen-bond donors (Lipinski definition) is 3. The second-order valence-corrected chi connectivity index (χ2v) is 8.49. The monoisotopic (exact) mass is 475 g/mol. The molecule has 164 valence electrons. The highest BCUT2D eigenvalue weighted by Gasteiger charge is 2.16. The number of hydrogen-bond acceptors (Lipinski definition) is 8. The molecule has 0 unspecified atom stereocenters. The van der Waals surface area contributed by atoms with E-state index >= 15 is 0 Å². The molecule has 0 saturated carbocycles. The van der Waals surface area contributed by atoms with Gasteiger partial charge in [-0.25, -0.2) is 4.98 Å². The molecule has 0 radical (unpaired) electrons. The molecule has 5 rings (SSSR count). The predicted octanol–water partition coefficient (Wildman–Crippen LogP) is 4.95. The van der Waals surface area contributed by atoms with Crippen LogP contribution in [0.4, 0.5) is 5.69 Å². The number of rotatable bonds is 3. The predicted molar refractivity (Wildman–Crippen MR) is 132 cm³/mol. The summed E-state index contributed by atoms with van der Waals surface area (Å²) in [4.78, 5) is 17.1. The third-order valence-electron chi connectivity index (χ3n) is 5.05. The summed E-state index contributed by atoms with van der Waals surface area (Å²) in [5, 5.41) is 16.1. The van der Waals surface area contributed by atoms with E-state index in [1.807, 2.05) is 26.0 Å². The second-order valence-electron chi connectivity index (χ2n) is 7.56. The fraction of sp³-hybridized carbons (Fsp3) is 0.0870. The molecule has 10 heteroatoms. The number of aryl methyl sites for hydroxylation is 2. The van der Waals surface area contributed by atoms with Crippen molar-refractivity contribution >= 4 is 62.8 Å². The first-order valence-electron chi connectivity index (χ1n) is 9.93. The Labute approximate surface area is 197 Å². The first-order valence-corrected chi connectivity index (χ1v) is 11.1. The van der Waals surface area contributed by atoms with Crippen LogP contribution < -0.4 is 10.6 Å². The van der Waals surface area contributed by atoms with Crippen molar-refractivity contribution in [3.63, 3.8) is 0 Å². The lowest BCUT2D eigenvalue weighted by Crippen LogP contribution is -2.34. The average Bonchev–Trinajstić information content (AvgIpc) is 3.41. The number of nitrogens with zero attached hydrogens (tertiary/aromatic N) is 3. The summed E-state index contributed by atoms with van der Waals surface area (Å²) in [5.74, 6) is -0.0622. The van der Waals surface area contributed by atoms with Crippen LogP contribution in [0.1, 0.15) is 21.5 Å². The zero-order valence-electron chi connectivity index (χ0n) is 17.5. The third-order valence-corrected chi connectivity index (χ3v) is 5.81. The lowest BCUT2D eigenvalue weighted by atomic mass is 10.1. The Morgan fingerprint density at radius 3 is 2.70 bits per heavy atom. The Kier molecular flexibility index (Phi) is 5.23. The van der Waals surface area contributed by atoms with Gasteiger partial charge in [0, 0.05) is 11.3 Å². The van der Waals surface area contributed by atoms with Gasteiger partial charge in [-0.05, 0) is 79.7 Å². The SMILES string of the molecule is Cc1cc(C)c2oc(-c3cc(NC(=S)NC(=O)c4ccc5nsnc5c4)ccc3O)nc2c1. The number of aromatic nitrogens is 3. The van der Waals surface area contributed by atoms with Crippen molar-refractivity contribution in [1.82, 2.24) is 19.0 Å². The van der Waals surface area contributed by atoms with Crippen molar-refractivity contribution in [2.24, 2.45) is 0 Å². The standard InChI is InChI=1S/C23H17N5O3S2/c1-11-7-12(2)20-18(8-11)25-22(31-20)15-10-14(4-6-19(15)29)24-23(32)26-21(30)13-3-5-16-17(9-13)28-33-27-16/h3-10,29H,1-2H3,(H2,24,26,30,32). The third kappa shape index (κ3) is 4.13. The van der Waals surface area contributed by atoms with E-state index in [9.17, 15) is 9.90 Å². The van der Waals surface area contributed by atoms with E-state index in [4.69, 9.17) is 16.6 Å². The van der Waals surface area contributed by atoms with Crippen molar-refractivity contribution < 1.29 is 14.3 Å². The number of phenols is 1. The van der Waals surface area contributed by atoms with E-state index in [-0.39, 0.29) is 16.8 Å². The largest absolute Gasteiger partial charge is 0.507 e. The Bertz CT molecular complexity index is 1560. The molecule has 0 saturated heterocycles. The van der Waals surface area contributed by atoms with E-state index < -0.39 is 0 Å². The molecule has 0 fully saturated rings. The summed E-state index contributed by atoms with van der Waals surface area (Å²) in [5.41, 5.74) is 6.20. The molecule has 0 bridgehead atoms. The van der Waals surface area contributed by atoms with Crippen molar-refractivity contribution in [2.45, 2.75) is 13.8 Å². The number of thiocarbonyl (C=S) groups is 1. The van der Waals surface area contributed by atoms with Gasteiger partial charge in [-0.15, -0.1) is 0 Å². The number of carbonyl (C=O) groups excluding carboxylic acids is 1. The van der Waals surface area contributed by atoms with Crippen LogP contribution in [0.5, 0.6) is 5.75 Å². The fourth-order valence-electron chi connectivity index (χ4n) is 3.54. The maximum Gasteiger partial charge on any atom is 0.257 e. The lowest BCUT2D eigenvalue weighted by Gasteiger charge is -2.11. The molecule has 2 aromatic heterocycles. The van der Waals surface area contributed by atoms with Gasteiger partial charge in [0.05, 0.1) is 17.3 Å². The molecular formula is C23H17N5O3S2. The van der Waals surface area contributed by atoms with E-state index in [0.29, 0.717) is 33.8 Å². The first kappa shape index (κ1) is 21.0. The number of amides is 1. The van der Waals surface area contributed by atoms with Gasteiger partial charge in [0.1, 0.15) is 22.3 Å². The van der Waals surface area contributed by atoms with Gasteiger partial charge in [-0.1, -0.05) is 6.07 Å². The van der Waals surface area contributed by atoms with Crippen LogP contribution in [0.3, 0.4) is 0 Å². The summed E-state index contributed by atoms with van der Waals surface area (Å²) < 4.78 is 14.2.